The van der Waals surface area contributed by atoms with Crippen LogP contribution in [0.2, 0.25) is 0 Å². The third-order valence-corrected chi connectivity index (χ3v) is 4.79. The number of aliphatic imine (C=N–C) groups is 1. The molecule has 2 aromatic heterocycles. The Labute approximate surface area is 170 Å². The van der Waals surface area contributed by atoms with E-state index < -0.39 is 0 Å². The van der Waals surface area contributed by atoms with Gasteiger partial charge in [0.1, 0.15) is 5.76 Å². The quantitative estimate of drug-likeness (QED) is 0.398. The minimum absolute atomic E-state index is 0.109. The first-order chi connectivity index (χ1) is 13.4. The number of oxazole rings is 1. The Morgan fingerprint density at radius 1 is 1.25 bits per heavy atom. The summed E-state index contributed by atoms with van der Waals surface area (Å²) in [7, 11) is 0. The number of fused-ring (bicyclic) bond motifs is 1. The molecule has 0 spiro atoms. The molecule has 0 unspecified atom stereocenters. The van der Waals surface area contributed by atoms with Crippen LogP contribution in [0.1, 0.15) is 56.6 Å². The number of benzene rings is 1. The van der Waals surface area contributed by atoms with E-state index in [0.29, 0.717) is 0 Å². The van der Waals surface area contributed by atoms with Crippen LogP contribution in [0.5, 0.6) is 0 Å². The predicted molar refractivity (Wildman–Crippen MR) is 118 cm³/mol. The smallest absolute Gasteiger partial charge is 0.204 e. The zero-order valence-electron chi connectivity index (χ0n) is 17.1. The zero-order valence-corrected chi connectivity index (χ0v) is 17.9. The van der Waals surface area contributed by atoms with E-state index in [2.05, 4.69) is 21.9 Å². The highest BCUT2D eigenvalue weighted by atomic mass is 32.2. The van der Waals surface area contributed by atoms with Crippen molar-refractivity contribution in [1.29, 1.82) is 0 Å². The lowest BCUT2D eigenvalue weighted by Crippen LogP contribution is -1.89. The molecule has 148 valence electrons. The minimum Gasteiger partial charge on any atom is -0.445 e. The van der Waals surface area contributed by atoms with Crippen LogP contribution in [-0.4, -0.2) is 21.5 Å². The van der Waals surface area contributed by atoms with Gasteiger partial charge in [-0.1, -0.05) is 6.92 Å². The Kier molecular flexibility index (Phi) is 8.26. The molecule has 0 aliphatic heterocycles. The van der Waals surface area contributed by atoms with Crippen LogP contribution < -0.4 is 0 Å². The Morgan fingerprint density at radius 3 is 2.68 bits per heavy atom. The number of carbonyl (C=O) groups excluding carboxylic acids is 1. The maximum Gasteiger partial charge on any atom is 0.204 e. The molecule has 0 fully saturated rings. The van der Waals surface area contributed by atoms with Crippen LogP contribution in [0.25, 0.3) is 10.9 Å². The molecule has 1 aromatic carbocycles. The van der Waals surface area contributed by atoms with Crippen molar-refractivity contribution in [2.45, 2.75) is 46.8 Å². The summed E-state index contributed by atoms with van der Waals surface area (Å²) in [6, 6.07) is 7.61. The molecule has 0 bridgehead atoms. The van der Waals surface area contributed by atoms with Crippen LogP contribution in [0, 0.1) is 0 Å². The number of Topliss-reactive ketones (excluding diaryl/α,β-unsaturated/α-hetero) is 1. The number of H-pyrrole nitrogens is 1. The SMILES string of the molecule is CC(=O)c1ccc2[nH]ccc2c1.CCc1cnc(CS/C(C)=C/N=C(C)C)o1. The first-order valence-corrected chi connectivity index (χ1v) is 10.2. The average molecular weight is 398 g/mol. The fraction of sp³-hybridized carbons (Fsp3) is 0.318. The number of nitrogens with one attached hydrogen (secondary N) is 1. The van der Waals surface area contributed by atoms with Gasteiger partial charge in [0, 0.05) is 45.9 Å². The molecule has 5 nitrogen and oxygen atoms in total. The minimum atomic E-state index is 0.109. The summed E-state index contributed by atoms with van der Waals surface area (Å²) >= 11 is 1.69. The molecule has 0 saturated carbocycles. The van der Waals surface area contributed by atoms with E-state index in [4.69, 9.17) is 4.42 Å². The van der Waals surface area contributed by atoms with E-state index in [9.17, 15) is 4.79 Å². The third kappa shape index (κ3) is 6.85. The summed E-state index contributed by atoms with van der Waals surface area (Å²) in [6.07, 6.45) is 6.44. The van der Waals surface area contributed by atoms with E-state index in [1.807, 2.05) is 57.4 Å². The lowest BCUT2D eigenvalue weighted by atomic mass is 10.1. The number of rotatable bonds is 6. The third-order valence-electron chi connectivity index (χ3n) is 3.84. The number of hydrogen-bond acceptors (Lipinski definition) is 5. The first kappa shape index (κ1) is 21.7. The molecule has 3 aromatic rings. The summed E-state index contributed by atoms with van der Waals surface area (Å²) in [6.45, 7) is 9.64. The first-order valence-electron chi connectivity index (χ1n) is 9.21. The van der Waals surface area contributed by atoms with Gasteiger partial charge in [-0.3, -0.25) is 9.79 Å². The summed E-state index contributed by atoms with van der Waals surface area (Å²) in [5.41, 5.74) is 2.89. The van der Waals surface area contributed by atoms with Crippen LogP contribution in [0.4, 0.5) is 0 Å². The molecule has 0 aliphatic carbocycles. The van der Waals surface area contributed by atoms with Gasteiger partial charge in [-0.15, -0.1) is 11.8 Å². The fourth-order valence-corrected chi connectivity index (χ4v) is 2.90. The zero-order chi connectivity index (χ0) is 20.5. The Morgan fingerprint density at radius 2 is 2.04 bits per heavy atom. The van der Waals surface area contributed by atoms with Gasteiger partial charge in [0.2, 0.25) is 5.89 Å². The van der Waals surface area contributed by atoms with Crippen LogP contribution >= 0.6 is 11.8 Å². The van der Waals surface area contributed by atoms with E-state index in [0.717, 1.165) is 50.9 Å². The number of hydrogen-bond donors (Lipinski definition) is 1. The number of nitrogens with zero attached hydrogens (tertiary/aromatic N) is 2. The van der Waals surface area contributed by atoms with Crippen molar-refractivity contribution < 1.29 is 9.21 Å². The highest BCUT2D eigenvalue weighted by Crippen LogP contribution is 2.20. The Bertz CT molecular complexity index is 979. The number of allylic oxidation sites excluding steroid dienone is 1. The van der Waals surface area contributed by atoms with Gasteiger partial charge in [0.25, 0.3) is 0 Å². The topological polar surface area (TPSA) is 71.2 Å². The molecule has 0 saturated heterocycles. The number of ketones is 1. The second-order valence-electron chi connectivity index (χ2n) is 6.51. The highest BCUT2D eigenvalue weighted by molar-refractivity contribution is 8.02. The number of carbonyl (C=O) groups is 1. The van der Waals surface area contributed by atoms with Gasteiger partial charge in [-0.05, 0) is 52.0 Å². The monoisotopic (exact) mass is 397 g/mol. The summed E-state index contributed by atoms with van der Waals surface area (Å²) in [5, 5.41) is 1.09. The summed E-state index contributed by atoms with van der Waals surface area (Å²) < 4.78 is 5.51. The van der Waals surface area contributed by atoms with Crippen LogP contribution in [0.3, 0.4) is 0 Å². The molecule has 0 aliphatic rings. The molecular formula is C22H27N3O2S. The molecule has 28 heavy (non-hydrogen) atoms. The predicted octanol–water partition coefficient (Wildman–Crippen LogP) is 6.18. The molecule has 0 radical (unpaired) electrons. The van der Waals surface area contributed by atoms with E-state index in [1.165, 1.54) is 0 Å². The molecular weight excluding hydrogens is 370 g/mol. The molecule has 0 amide bonds. The summed E-state index contributed by atoms with van der Waals surface area (Å²) in [4.78, 5) is 23.7. The largest absolute Gasteiger partial charge is 0.445 e. The van der Waals surface area contributed by atoms with Gasteiger partial charge in [-0.25, -0.2) is 4.98 Å². The van der Waals surface area contributed by atoms with Gasteiger partial charge in [0.05, 0.1) is 11.9 Å². The van der Waals surface area contributed by atoms with Gasteiger partial charge in [-0.2, -0.15) is 0 Å². The molecule has 6 heteroatoms. The van der Waals surface area contributed by atoms with Crippen molar-refractivity contribution >= 4 is 34.2 Å². The molecule has 1 N–H and O–H groups in total. The number of aromatic nitrogens is 2. The van der Waals surface area contributed by atoms with Crippen molar-refractivity contribution in [2.75, 3.05) is 0 Å². The lowest BCUT2D eigenvalue weighted by Gasteiger charge is -1.96. The summed E-state index contributed by atoms with van der Waals surface area (Å²) in [5.74, 6) is 2.60. The maximum absolute atomic E-state index is 11.0. The van der Waals surface area contributed by atoms with Gasteiger partial charge in [0.15, 0.2) is 5.78 Å². The maximum atomic E-state index is 11.0. The van der Waals surface area contributed by atoms with E-state index in [1.54, 1.807) is 24.9 Å². The van der Waals surface area contributed by atoms with E-state index >= 15 is 0 Å². The second kappa shape index (κ2) is 10.7. The Balaban J connectivity index is 0.000000207. The highest BCUT2D eigenvalue weighted by Gasteiger charge is 2.02. The van der Waals surface area contributed by atoms with Crippen molar-refractivity contribution in [1.82, 2.24) is 9.97 Å². The Hall–Kier alpha value is -2.60. The van der Waals surface area contributed by atoms with Crippen molar-refractivity contribution in [3.05, 3.63) is 65.0 Å². The fourth-order valence-electron chi connectivity index (χ4n) is 2.28. The van der Waals surface area contributed by atoms with E-state index in [-0.39, 0.29) is 5.78 Å². The average Bonchev–Trinajstić information content (AvgIpc) is 3.33. The van der Waals surface area contributed by atoms with Gasteiger partial charge < -0.3 is 9.40 Å². The second-order valence-corrected chi connectivity index (χ2v) is 7.74. The van der Waals surface area contributed by atoms with Crippen molar-refractivity contribution in [3.63, 3.8) is 0 Å². The normalized spacial score (nSPS) is 11.1. The number of aryl methyl sites for hydroxylation is 1. The molecule has 2 heterocycles. The number of thioether (sulfide) groups is 1. The van der Waals surface area contributed by atoms with Crippen molar-refractivity contribution in [2.24, 2.45) is 4.99 Å². The molecule has 0 atom stereocenters. The number of aromatic amines is 1. The van der Waals surface area contributed by atoms with Gasteiger partial charge >= 0.3 is 0 Å². The van der Waals surface area contributed by atoms with Crippen LogP contribution in [0.15, 0.2) is 57.2 Å². The standard InChI is InChI=1S/C12H18N2OS.C10H9NO/c1-5-11-7-14-12(15-11)8-16-10(4)6-13-9(2)3;1-7(12)8-2-3-10-9(6-8)4-5-11-10/h6-7H,5,8H2,1-4H3;2-6,11H,1H3/b10-6+;. The van der Waals surface area contributed by atoms with Crippen LogP contribution in [-0.2, 0) is 12.2 Å². The molecule has 3 rings (SSSR count). The lowest BCUT2D eigenvalue weighted by molar-refractivity contribution is 0.101. The van der Waals surface area contributed by atoms with Crippen molar-refractivity contribution in [3.8, 4) is 0 Å².